The topological polar surface area (TPSA) is 101 Å². The molecule has 284 valence electrons. The highest BCUT2D eigenvalue weighted by Gasteiger charge is 2.22. The summed E-state index contributed by atoms with van der Waals surface area (Å²) in [4.78, 5) is 9.79. The average Bonchev–Trinajstić information content (AvgIpc) is 3.84. The molecule has 8 nitrogen and oxygen atoms in total. The Morgan fingerprint density at radius 1 is 0.537 bits per heavy atom. The molecule has 0 N–H and O–H groups in total. The summed E-state index contributed by atoms with van der Waals surface area (Å²) in [5.74, 6) is -0.507. The summed E-state index contributed by atoms with van der Waals surface area (Å²) < 4.78 is 79.4. The minimum absolute atomic E-state index is 0.252. The van der Waals surface area contributed by atoms with Crippen molar-refractivity contribution in [1.29, 1.82) is 0 Å². The Bertz CT molecular complexity index is 2340. The van der Waals surface area contributed by atoms with E-state index in [-0.39, 0.29) is 21.4 Å². The molecule has 0 saturated carbocycles. The van der Waals surface area contributed by atoms with Gasteiger partial charge in [-0.2, -0.15) is 8.61 Å². The lowest BCUT2D eigenvalue weighted by Gasteiger charge is -2.18. The van der Waals surface area contributed by atoms with E-state index in [1.165, 1.54) is 55.5 Å². The SMILES string of the molecule is CCN(CC)S(=O)(=O)c1ccc(-c2csc(Cc3ccc(F)cc3)n2)cc1.CCN(CC)S(=O)(=O)c1ccc(-c2csc(Cc3cccc(F)c3)n2)cc1. The molecule has 4 aromatic carbocycles. The molecule has 0 aliphatic carbocycles. The van der Waals surface area contributed by atoms with E-state index >= 15 is 0 Å². The van der Waals surface area contributed by atoms with E-state index in [0.717, 1.165) is 43.7 Å². The molecule has 6 aromatic rings. The van der Waals surface area contributed by atoms with Gasteiger partial charge in [-0.05, 0) is 59.7 Å². The van der Waals surface area contributed by atoms with Gasteiger partial charge in [0.1, 0.15) is 11.6 Å². The van der Waals surface area contributed by atoms with E-state index < -0.39 is 20.0 Å². The monoisotopic (exact) mass is 808 g/mol. The molecule has 2 heterocycles. The van der Waals surface area contributed by atoms with Gasteiger partial charge in [0.05, 0.1) is 31.2 Å². The van der Waals surface area contributed by atoms with Crippen molar-refractivity contribution >= 4 is 42.7 Å². The number of hydrogen-bond donors (Lipinski definition) is 0. The van der Waals surface area contributed by atoms with Gasteiger partial charge in [0.15, 0.2) is 0 Å². The molecule has 0 unspecified atom stereocenters. The Balaban J connectivity index is 0.000000208. The number of benzene rings is 4. The Morgan fingerprint density at radius 2 is 0.963 bits per heavy atom. The van der Waals surface area contributed by atoms with E-state index in [1.54, 1.807) is 66.7 Å². The van der Waals surface area contributed by atoms with Crippen LogP contribution in [0.2, 0.25) is 0 Å². The van der Waals surface area contributed by atoms with Gasteiger partial charge in [0.2, 0.25) is 20.0 Å². The van der Waals surface area contributed by atoms with Crippen LogP contribution >= 0.6 is 22.7 Å². The lowest BCUT2D eigenvalue weighted by atomic mass is 10.1. The minimum Gasteiger partial charge on any atom is -0.241 e. The van der Waals surface area contributed by atoms with E-state index in [1.807, 2.05) is 44.5 Å². The summed E-state index contributed by atoms with van der Waals surface area (Å²) in [5, 5.41) is 5.70. The van der Waals surface area contributed by atoms with Gasteiger partial charge < -0.3 is 0 Å². The molecule has 54 heavy (non-hydrogen) atoms. The van der Waals surface area contributed by atoms with E-state index in [9.17, 15) is 25.6 Å². The van der Waals surface area contributed by atoms with Gasteiger partial charge in [0.25, 0.3) is 0 Å². The number of thiazole rings is 2. The number of sulfonamides is 2. The van der Waals surface area contributed by atoms with Crippen molar-refractivity contribution in [1.82, 2.24) is 18.6 Å². The van der Waals surface area contributed by atoms with Crippen LogP contribution in [-0.2, 0) is 32.9 Å². The predicted octanol–water partition coefficient (Wildman–Crippen LogP) is 9.14. The second kappa shape index (κ2) is 18.4. The standard InChI is InChI=1S/2C20H21FN2O2S2/c1-3-23(4-2)27(24,25)18-11-7-16(8-12-18)19-14-26-20(22-19)13-15-5-9-17(21)10-6-15;1-3-23(4-2)27(24,25)18-10-8-16(9-11-18)19-14-26-20(22-19)13-15-6-5-7-17(21)12-15/h2*5-12,14H,3-4,13H2,1-2H3. The van der Waals surface area contributed by atoms with Crippen LogP contribution in [0.1, 0.15) is 48.8 Å². The zero-order valence-corrected chi connectivity index (χ0v) is 33.7. The highest BCUT2D eigenvalue weighted by molar-refractivity contribution is 7.89. The first-order valence-electron chi connectivity index (χ1n) is 17.5. The molecule has 0 radical (unpaired) electrons. The van der Waals surface area contributed by atoms with Gasteiger partial charge in [-0.15, -0.1) is 22.7 Å². The van der Waals surface area contributed by atoms with E-state index in [2.05, 4.69) is 9.97 Å². The first-order chi connectivity index (χ1) is 25.9. The quantitative estimate of drug-likeness (QED) is 0.109. The van der Waals surface area contributed by atoms with Crippen molar-refractivity contribution in [3.05, 3.63) is 141 Å². The molecule has 0 amide bonds. The summed E-state index contributed by atoms with van der Waals surface area (Å²) >= 11 is 3.04. The van der Waals surface area contributed by atoms with E-state index in [4.69, 9.17) is 0 Å². The lowest BCUT2D eigenvalue weighted by Crippen LogP contribution is -2.30. The summed E-state index contributed by atoms with van der Waals surface area (Å²) in [5.41, 5.74) is 5.20. The van der Waals surface area contributed by atoms with Gasteiger partial charge >= 0.3 is 0 Å². The molecule has 0 saturated heterocycles. The molecule has 0 fully saturated rings. The Morgan fingerprint density at radius 3 is 1.37 bits per heavy atom. The maximum absolute atomic E-state index is 13.3. The first-order valence-corrected chi connectivity index (χ1v) is 22.1. The third-order valence-corrected chi connectivity index (χ3v) is 14.4. The molecule has 0 aliphatic heterocycles. The van der Waals surface area contributed by atoms with Crippen molar-refractivity contribution in [2.45, 2.75) is 50.3 Å². The van der Waals surface area contributed by atoms with Gasteiger partial charge in [-0.1, -0.05) is 76.2 Å². The van der Waals surface area contributed by atoms with E-state index in [0.29, 0.717) is 39.0 Å². The smallest absolute Gasteiger partial charge is 0.241 e. The second-order valence-corrected chi connectivity index (χ2v) is 17.9. The Hall–Kier alpha value is -4.18. The number of rotatable bonds is 14. The highest BCUT2D eigenvalue weighted by Crippen LogP contribution is 2.27. The third-order valence-electron chi connectivity index (χ3n) is 8.60. The van der Waals surface area contributed by atoms with Crippen molar-refractivity contribution < 1.29 is 25.6 Å². The molecule has 0 spiro atoms. The van der Waals surface area contributed by atoms with Crippen molar-refractivity contribution in [2.75, 3.05) is 26.2 Å². The minimum atomic E-state index is -3.46. The van der Waals surface area contributed by atoms with Crippen LogP contribution in [0.3, 0.4) is 0 Å². The normalized spacial score (nSPS) is 11.9. The van der Waals surface area contributed by atoms with Crippen molar-refractivity contribution in [3.63, 3.8) is 0 Å². The molecule has 14 heteroatoms. The summed E-state index contributed by atoms with van der Waals surface area (Å²) in [6, 6.07) is 26.5. The maximum Gasteiger partial charge on any atom is 0.243 e. The fourth-order valence-corrected chi connectivity index (χ4v) is 10.3. The van der Waals surface area contributed by atoms with Crippen LogP contribution in [0.15, 0.2) is 118 Å². The van der Waals surface area contributed by atoms with Gasteiger partial charge in [0, 0.05) is 60.9 Å². The largest absolute Gasteiger partial charge is 0.243 e. The van der Waals surface area contributed by atoms with Gasteiger partial charge in [-0.25, -0.2) is 35.6 Å². The fourth-order valence-electron chi connectivity index (χ4n) is 5.67. The Labute approximate surface area is 324 Å². The molecule has 0 aliphatic rings. The van der Waals surface area contributed by atoms with Crippen LogP contribution in [-0.4, -0.2) is 61.6 Å². The third kappa shape index (κ3) is 10.1. The molecule has 0 atom stereocenters. The summed E-state index contributed by atoms with van der Waals surface area (Å²) in [6.45, 7) is 9.07. The highest BCUT2D eigenvalue weighted by atomic mass is 32.2. The zero-order chi connectivity index (χ0) is 38.9. The number of halogens is 2. The van der Waals surface area contributed by atoms with Crippen molar-refractivity contribution in [3.8, 4) is 22.5 Å². The second-order valence-electron chi connectivity index (χ2n) is 12.1. The van der Waals surface area contributed by atoms with Crippen LogP contribution in [0.4, 0.5) is 8.78 Å². The molecule has 2 aromatic heterocycles. The molecule has 0 bridgehead atoms. The van der Waals surface area contributed by atoms with Crippen LogP contribution < -0.4 is 0 Å². The van der Waals surface area contributed by atoms with Crippen LogP contribution in [0, 0.1) is 11.6 Å². The summed E-state index contributed by atoms with van der Waals surface area (Å²) in [6.07, 6.45) is 1.20. The molecule has 6 rings (SSSR count). The van der Waals surface area contributed by atoms with Crippen LogP contribution in [0.25, 0.3) is 22.5 Å². The fraction of sp³-hybridized carbons (Fsp3) is 0.250. The number of hydrogen-bond acceptors (Lipinski definition) is 8. The van der Waals surface area contributed by atoms with Crippen molar-refractivity contribution in [2.24, 2.45) is 0 Å². The molecular formula is C40H42F2N4O4S4. The average molecular weight is 809 g/mol. The van der Waals surface area contributed by atoms with Gasteiger partial charge in [-0.3, -0.25) is 0 Å². The maximum atomic E-state index is 13.3. The number of aromatic nitrogens is 2. The Kier molecular flexibility index (Phi) is 14.0. The zero-order valence-electron chi connectivity index (χ0n) is 30.4. The van der Waals surface area contributed by atoms with Crippen LogP contribution in [0.5, 0.6) is 0 Å². The lowest BCUT2D eigenvalue weighted by molar-refractivity contribution is 0.444. The summed E-state index contributed by atoms with van der Waals surface area (Å²) in [7, 11) is -6.91. The first kappa shape index (κ1) is 41.0. The molecular weight excluding hydrogens is 767 g/mol. The number of nitrogens with zero attached hydrogens (tertiary/aromatic N) is 4. The predicted molar refractivity (Wildman–Crippen MR) is 214 cm³/mol.